The molecule has 0 heterocycles. The SMILES string of the molecule is CCOC(=O)/C=C(\C)N[C@@H](CCSC)C(=O)O.[H-].[Na+]. The van der Waals surface area contributed by atoms with Crippen LogP contribution in [0.4, 0.5) is 0 Å². The Labute approximate surface area is 136 Å². The number of esters is 1. The van der Waals surface area contributed by atoms with Crippen LogP contribution < -0.4 is 34.9 Å². The van der Waals surface area contributed by atoms with Gasteiger partial charge in [-0.15, -0.1) is 0 Å². The number of rotatable bonds is 8. The van der Waals surface area contributed by atoms with Gasteiger partial charge in [0.15, 0.2) is 0 Å². The maximum Gasteiger partial charge on any atom is 1.00 e. The van der Waals surface area contributed by atoms with Crippen LogP contribution in [0.25, 0.3) is 0 Å². The molecule has 2 N–H and O–H groups in total. The normalized spacial score (nSPS) is 12.3. The Morgan fingerprint density at radius 1 is 1.56 bits per heavy atom. The summed E-state index contributed by atoms with van der Waals surface area (Å²) in [7, 11) is 0. The fraction of sp³-hybridized carbons (Fsp3) is 0.636. The number of hydrogen-bond donors (Lipinski definition) is 2. The number of nitrogens with one attached hydrogen (secondary N) is 1. The van der Waals surface area contributed by atoms with Crippen molar-refractivity contribution in [3.05, 3.63) is 11.8 Å². The first kappa shape index (κ1) is 20.2. The third kappa shape index (κ3) is 9.82. The van der Waals surface area contributed by atoms with Crippen molar-refractivity contribution >= 4 is 23.7 Å². The second-order valence-electron chi connectivity index (χ2n) is 3.40. The standard InChI is InChI=1S/C11H19NO4S.Na.H/c1-4-16-10(13)7-8(2)12-9(11(14)15)5-6-17-3;;/h7,9,12H,4-6H2,1-3H3,(H,14,15);;/q;+1;-1/b8-7+;;/t9-;;/m0../s1. The van der Waals surface area contributed by atoms with Gasteiger partial charge in [-0.2, -0.15) is 11.8 Å². The van der Waals surface area contributed by atoms with E-state index < -0.39 is 18.0 Å². The molecule has 1 atom stereocenters. The van der Waals surface area contributed by atoms with Crippen LogP contribution in [0.3, 0.4) is 0 Å². The molecular formula is C11H20NNaO4S. The number of thioether (sulfide) groups is 1. The Balaban J connectivity index is -0.00000128. The Morgan fingerprint density at radius 2 is 2.17 bits per heavy atom. The van der Waals surface area contributed by atoms with Gasteiger partial charge in [-0.1, -0.05) is 0 Å². The van der Waals surface area contributed by atoms with Crippen LogP contribution in [0.5, 0.6) is 0 Å². The van der Waals surface area contributed by atoms with E-state index in [9.17, 15) is 9.59 Å². The van der Waals surface area contributed by atoms with E-state index in [1.807, 2.05) is 6.26 Å². The van der Waals surface area contributed by atoms with Gasteiger partial charge in [0, 0.05) is 11.8 Å². The van der Waals surface area contributed by atoms with Crippen molar-refractivity contribution in [2.75, 3.05) is 18.6 Å². The Kier molecular flexibility index (Phi) is 13.3. The summed E-state index contributed by atoms with van der Waals surface area (Å²) in [6, 6.07) is -0.673. The van der Waals surface area contributed by atoms with E-state index in [1.165, 1.54) is 6.08 Å². The molecular weight excluding hydrogens is 265 g/mol. The zero-order valence-electron chi connectivity index (χ0n) is 12.4. The van der Waals surface area contributed by atoms with Gasteiger partial charge in [-0.25, -0.2) is 9.59 Å². The van der Waals surface area contributed by atoms with Gasteiger partial charge >= 0.3 is 41.5 Å². The van der Waals surface area contributed by atoms with Crippen molar-refractivity contribution < 1.29 is 50.4 Å². The Morgan fingerprint density at radius 3 is 2.61 bits per heavy atom. The molecule has 0 bridgehead atoms. The van der Waals surface area contributed by atoms with Gasteiger partial charge in [0.25, 0.3) is 0 Å². The first-order chi connectivity index (χ1) is 8.01. The van der Waals surface area contributed by atoms with Gasteiger partial charge in [-0.3, -0.25) is 0 Å². The predicted molar refractivity (Wildman–Crippen MR) is 69.1 cm³/mol. The number of allylic oxidation sites excluding steroid dienone is 1. The smallest absolute Gasteiger partial charge is 1.00 e. The third-order valence-corrected chi connectivity index (χ3v) is 2.58. The number of carbonyl (C=O) groups is 2. The third-order valence-electron chi connectivity index (χ3n) is 1.93. The summed E-state index contributed by atoms with van der Waals surface area (Å²) in [6.07, 6.45) is 3.68. The maximum absolute atomic E-state index is 11.1. The van der Waals surface area contributed by atoms with E-state index in [2.05, 4.69) is 5.32 Å². The average molecular weight is 285 g/mol. The molecule has 0 aromatic rings. The molecule has 0 amide bonds. The van der Waals surface area contributed by atoms with Crippen LogP contribution in [0.15, 0.2) is 11.8 Å². The van der Waals surface area contributed by atoms with Crippen LogP contribution in [0.1, 0.15) is 21.7 Å². The van der Waals surface area contributed by atoms with Gasteiger partial charge in [0.05, 0.1) is 6.61 Å². The minimum Gasteiger partial charge on any atom is -1.00 e. The molecule has 0 fully saturated rings. The number of aliphatic carboxylic acids is 1. The molecule has 0 aromatic heterocycles. The van der Waals surface area contributed by atoms with E-state index in [-0.39, 0.29) is 31.0 Å². The van der Waals surface area contributed by atoms with E-state index in [0.29, 0.717) is 18.7 Å². The number of carboxylic acids is 1. The van der Waals surface area contributed by atoms with Crippen LogP contribution in [0.2, 0.25) is 0 Å². The molecule has 0 saturated heterocycles. The summed E-state index contributed by atoms with van der Waals surface area (Å²) >= 11 is 1.58. The summed E-state index contributed by atoms with van der Waals surface area (Å²) in [6.45, 7) is 3.66. The number of ether oxygens (including phenoxy) is 1. The van der Waals surface area contributed by atoms with Gasteiger partial charge in [-0.05, 0) is 32.3 Å². The van der Waals surface area contributed by atoms with Crippen LogP contribution in [0, 0.1) is 0 Å². The zero-order valence-corrected chi connectivity index (χ0v) is 14.2. The van der Waals surface area contributed by atoms with Crippen molar-refractivity contribution in [1.82, 2.24) is 5.32 Å². The summed E-state index contributed by atoms with van der Waals surface area (Å²) in [5, 5.41) is 11.8. The first-order valence-corrected chi connectivity index (χ1v) is 6.74. The summed E-state index contributed by atoms with van der Waals surface area (Å²) in [5.74, 6) is -0.640. The fourth-order valence-corrected chi connectivity index (χ4v) is 1.64. The fourth-order valence-electron chi connectivity index (χ4n) is 1.17. The van der Waals surface area contributed by atoms with Crippen molar-refractivity contribution in [3.8, 4) is 0 Å². The van der Waals surface area contributed by atoms with Gasteiger partial charge in [0.1, 0.15) is 6.04 Å². The molecule has 0 aliphatic rings. The monoisotopic (exact) mass is 285 g/mol. The largest absolute Gasteiger partial charge is 1.00 e. The zero-order chi connectivity index (χ0) is 13.3. The molecule has 18 heavy (non-hydrogen) atoms. The topological polar surface area (TPSA) is 75.6 Å². The molecule has 100 valence electrons. The van der Waals surface area contributed by atoms with E-state index in [4.69, 9.17) is 9.84 Å². The Bertz CT molecular complexity index is 302. The van der Waals surface area contributed by atoms with E-state index in [0.717, 1.165) is 5.75 Å². The van der Waals surface area contributed by atoms with Crippen LogP contribution in [-0.4, -0.2) is 41.7 Å². The summed E-state index contributed by atoms with van der Waals surface area (Å²) < 4.78 is 4.73. The predicted octanol–water partition coefficient (Wildman–Crippen LogP) is -1.63. The molecule has 0 radical (unpaired) electrons. The molecule has 0 rings (SSSR count). The van der Waals surface area contributed by atoms with Crippen molar-refractivity contribution in [2.45, 2.75) is 26.3 Å². The maximum atomic E-state index is 11.1. The van der Waals surface area contributed by atoms with Crippen molar-refractivity contribution in [1.29, 1.82) is 0 Å². The van der Waals surface area contributed by atoms with Gasteiger partial charge < -0.3 is 16.6 Å². The summed E-state index contributed by atoms with van der Waals surface area (Å²) in [4.78, 5) is 22.1. The minimum absolute atomic E-state index is 0. The summed E-state index contributed by atoms with van der Waals surface area (Å²) in [5.41, 5.74) is 0.497. The van der Waals surface area contributed by atoms with Crippen molar-refractivity contribution in [3.63, 3.8) is 0 Å². The second-order valence-corrected chi connectivity index (χ2v) is 4.38. The molecule has 0 aromatic carbocycles. The minimum atomic E-state index is -0.921. The second kappa shape index (κ2) is 11.9. The quantitative estimate of drug-likeness (QED) is 0.317. The molecule has 0 unspecified atom stereocenters. The van der Waals surface area contributed by atoms with Crippen LogP contribution in [-0.2, 0) is 14.3 Å². The molecule has 5 nitrogen and oxygen atoms in total. The Hall–Kier alpha value is -0.170. The average Bonchev–Trinajstić information content (AvgIpc) is 2.23. The molecule has 7 heteroatoms. The number of hydrogen-bond acceptors (Lipinski definition) is 5. The van der Waals surface area contributed by atoms with E-state index in [1.54, 1.807) is 25.6 Å². The molecule has 0 aliphatic carbocycles. The van der Waals surface area contributed by atoms with Crippen molar-refractivity contribution in [2.24, 2.45) is 0 Å². The van der Waals surface area contributed by atoms with Gasteiger partial charge in [0.2, 0.25) is 0 Å². The van der Waals surface area contributed by atoms with E-state index >= 15 is 0 Å². The molecule has 0 aliphatic heterocycles. The number of carbonyl (C=O) groups excluding carboxylic acids is 1. The number of carboxylic acid groups (broad SMARTS) is 1. The first-order valence-electron chi connectivity index (χ1n) is 5.34. The molecule has 0 spiro atoms. The van der Waals surface area contributed by atoms with Crippen LogP contribution >= 0.6 is 11.8 Å². The molecule has 0 saturated carbocycles.